The molecule has 0 aliphatic carbocycles. The summed E-state index contributed by atoms with van der Waals surface area (Å²) in [4.78, 5) is 45.1. The molecule has 1 aliphatic rings. The number of aliphatic carboxylic acids is 1. The molecule has 1 aliphatic heterocycles. The maximum atomic E-state index is 11.5. The van der Waals surface area contributed by atoms with E-state index in [1.165, 1.54) is 4.90 Å². The van der Waals surface area contributed by atoms with Crippen LogP contribution in [-0.4, -0.2) is 52.6 Å². The number of carbonyl (C=O) groups is 4. The molecular weight excluding hydrogens is 328 g/mol. The lowest BCUT2D eigenvalue weighted by atomic mass is 10.1. The van der Waals surface area contributed by atoms with Crippen molar-refractivity contribution < 1.29 is 29.0 Å². The summed E-state index contributed by atoms with van der Waals surface area (Å²) in [7, 11) is 0. The van der Waals surface area contributed by atoms with Crippen molar-refractivity contribution >= 4 is 23.9 Å². The summed E-state index contributed by atoms with van der Waals surface area (Å²) in [6, 6.07) is 6.91. The number of nitrogens with one attached hydrogen (secondary N) is 1. The Morgan fingerprint density at radius 1 is 1.12 bits per heavy atom. The Morgan fingerprint density at radius 2 is 1.60 bits per heavy atom. The monoisotopic (exact) mass is 350 g/mol. The average molecular weight is 350 g/mol. The summed E-state index contributed by atoms with van der Waals surface area (Å²) < 4.78 is 4.77. The Balaban J connectivity index is 0.000000252. The van der Waals surface area contributed by atoms with Gasteiger partial charge in [0.1, 0.15) is 12.1 Å². The highest BCUT2D eigenvalue weighted by molar-refractivity contribution is 6.21. The van der Waals surface area contributed by atoms with Gasteiger partial charge in [0.2, 0.25) is 0 Å². The molecule has 0 saturated heterocycles. The molecule has 136 valence electrons. The zero-order valence-electron chi connectivity index (χ0n) is 14.7. The van der Waals surface area contributed by atoms with Crippen LogP contribution in [0.1, 0.15) is 48.4 Å². The molecule has 2 N–H and O–H groups in total. The average Bonchev–Trinajstić information content (AvgIpc) is 2.76. The van der Waals surface area contributed by atoms with Gasteiger partial charge in [0.05, 0.1) is 11.1 Å². The van der Waals surface area contributed by atoms with Gasteiger partial charge in [-0.05, 0) is 39.8 Å². The Kier molecular flexibility index (Phi) is 6.67. The van der Waals surface area contributed by atoms with Crippen LogP contribution in [0, 0.1) is 0 Å². The van der Waals surface area contributed by atoms with Crippen LogP contribution in [0.2, 0.25) is 0 Å². The first-order valence-electron chi connectivity index (χ1n) is 7.70. The second-order valence-electron chi connectivity index (χ2n) is 6.15. The lowest BCUT2D eigenvalue weighted by Crippen LogP contribution is -2.35. The minimum absolute atomic E-state index is 0.178. The number of alkyl carbamates (subject to hydrolysis) is 1. The summed E-state index contributed by atoms with van der Waals surface area (Å²) in [6.07, 6.45) is -0.718. The van der Waals surface area contributed by atoms with Crippen molar-refractivity contribution in [1.82, 2.24) is 10.2 Å². The zero-order valence-corrected chi connectivity index (χ0v) is 14.7. The zero-order chi connectivity index (χ0) is 19.2. The number of fused-ring (bicyclic) bond motifs is 1. The second kappa shape index (κ2) is 8.27. The minimum atomic E-state index is -1.10. The van der Waals surface area contributed by atoms with Crippen LogP contribution in [-0.2, 0) is 9.53 Å². The van der Waals surface area contributed by atoms with Crippen molar-refractivity contribution in [3.05, 3.63) is 35.4 Å². The van der Waals surface area contributed by atoms with E-state index in [-0.39, 0.29) is 11.8 Å². The van der Waals surface area contributed by atoms with Crippen LogP contribution in [0.4, 0.5) is 4.79 Å². The molecule has 1 aromatic carbocycles. The second-order valence-corrected chi connectivity index (χ2v) is 6.15. The van der Waals surface area contributed by atoms with E-state index in [1.807, 2.05) is 0 Å². The van der Waals surface area contributed by atoms with E-state index < -0.39 is 24.2 Å². The van der Waals surface area contributed by atoms with Crippen molar-refractivity contribution in [1.29, 1.82) is 0 Å². The van der Waals surface area contributed by atoms with Gasteiger partial charge in [-0.3, -0.25) is 19.3 Å². The van der Waals surface area contributed by atoms with Gasteiger partial charge in [0.25, 0.3) is 11.8 Å². The molecule has 0 radical (unpaired) electrons. The maximum Gasteiger partial charge on any atom is 0.408 e. The van der Waals surface area contributed by atoms with Gasteiger partial charge < -0.3 is 15.2 Å². The maximum absolute atomic E-state index is 11.5. The van der Waals surface area contributed by atoms with Gasteiger partial charge in [0, 0.05) is 6.54 Å². The number of carbonyl (C=O) groups excluding carboxylic acids is 3. The van der Waals surface area contributed by atoms with Gasteiger partial charge >= 0.3 is 12.1 Å². The largest absolute Gasteiger partial charge is 0.480 e. The summed E-state index contributed by atoms with van der Waals surface area (Å²) in [5.41, 5.74) is 0.450. The number of benzene rings is 1. The van der Waals surface area contributed by atoms with Crippen molar-refractivity contribution in [2.24, 2.45) is 0 Å². The molecule has 0 aromatic heterocycles. The summed E-state index contributed by atoms with van der Waals surface area (Å²) >= 11 is 0. The Labute approximate surface area is 145 Å². The standard InChI is InChI=1S/C10H9NO2.C7H13NO4/c1-2-11-9(12)7-5-3-4-6-8(7)10(11)13;1-7(2,3)12-6(11)8-4-5(9)10/h3-6H,2H2,1H3;4H2,1-3H3,(H,8,11)(H,9,10). The topological polar surface area (TPSA) is 113 Å². The number of carboxylic acids is 1. The Bertz CT molecular complexity index is 643. The van der Waals surface area contributed by atoms with E-state index >= 15 is 0 Å². The van der Waals surface area contributed by atoms with Gasteiger partial charge in [-0.1, -0.05) is 12.1 Å². The quantitative estimate of drug-likeness (QED) is 0.805. The highest BCUT2D eigenvalue weighted by Crippen LogP contribution is 2.21. The third kappa shape index (κ3) is 5.91. The first kappa shape index (κ1) is 20.1. The molecule has 25 heavy (non-hydrogen) atoms. The van der Waals surface area contributed by atoms with Crippen LogP contribution in [0.5, 0.6) is 0 Å². The van der Waals surface area contributed by atoms with E-state index in [9.17, 15) is 19.2 Å². The third-order valence-electron chi connectivity index (χ3n) is 2.98. The minimum Gasteiger partial charge on any atom is -0.480 e. The number of ether oxygens (including phenoxy) is 1. The summed E-state index contributed by atoms with van der Waals surface area (Å²) in [5.74, 6) is -1.45. The van der Waals surface area contributed by atoms with Crippen molar-refractivity contribution in [3.8, 4) is 0 Å². The van der Waals surface area contributed by atoms with E-state index in [0.717, 1.165) is 0 Å². The molecule has 0 fully saturated rings. The van der Waals surface area contributed by atoms with Crippen molar-refractivity contribution in [3.63, 3.8) is 0 Å². The predicted molar refractivity (Wildman–Crippen MR) is 89.4 cm³/mol. The van der Waals surface area contributed by atoms with Gasteiger partial charge in [-0.25, -0.2) is 4.79 Å². The van der Waals surface area contributed by atoms with E-state index in [2.05, 4.69) is 5.32 Å². The van der Waals surface area contributed by atoms with Crippen LogP contribution < -0.4 is 5.32 Å². The number of imide groups is 1. The SMILES string of the molecule is CC(C)(C)OC(=O)NCC(=O)O.CCN1C(=O)c2ccccc2C1=O. The van der Waals surface area contributed by atoms with E-state index in [1.54, 1.807) is 52.0 Å². The molecule has 1 aromatic rings. The molecule has 8 heteroatoms. The molecule has 2 rings (SSSR count). The van der Waals surface area contributed by atoms with Gasteiger partial charge in [-0.2, -0.15) is 0 Å². The molecule has 8 nitrogen and oxygen atoms in total. The van der Waals surface area contributed by atoms with E-state index in [0.29, 0.717) is 17.7 Å². The fraction of sp³-hybridized carbons (Fsp3) is 0.412. The number of amides is 3. The van der Waals surface area contributed by atoms with Crippen LogP contribution in [0.15, 0.2) is 24.3 Å². The molecule has 0 atom stereocenters. The molecular formula is C17H22N2O6. The highest BCUT2D eigenvalue weighted by atomic mass is 16.6. The third-order valence-corrected chi connectivity index (χ3v) is 2.98. The smallest absolute Gasteiger partial charge is 0.408 e. The van der Waals surface area contributed by atoms with E-state index in [4.69, 9.17) is 9.84 Å². The first-order valence-corrected chi connectivity index (χ1v) is 7.70. The highest BCUT2D eigenvalue weighted by Gasteiger charge is 2.33. The number of rotatable bonds is 3. The predicted octanol–water partition coefficient (Wildman–Crippen LogP) is 1.90. The lowest BCUT2D eigenvalue weighted by molar-refractivity contribution is -0.136. The van der Waals surface area contributed by atoms with Crippen LogP contribution >= 0.6 is 0 Å². The number of hydrogen-bond acceptors (Lipinski definition) is 5. The number of nitrogens with zero attached hydrogens (tertiary/aromatic N) is 1. The van der Waals surface area contributed by atoms with Gasteiger partial charge in [-0.15, -0.1) is 0 Å². The Morgan fingerprint density at radius 3 is 1.96 bits per heavy atom. The molecule has 0 spiro atoms. The summed E-state index contributed by atoms with van der Waals surface area (Å²) in [6.45, 7) is 6.91. The van der Waals surface area contributed by atoms with Crippen molar-refractivity contribution in [2.75, 3.05) is 13.1 Å². The lowest BCUT2D eigenvalue weighted by Gasteiger charge is -2.19. The molecule has 1 heterocycles. The molecule has 0 saturated carbocycles. The molecule has 0 unspecified atom stereocenters. The first-order chi connectivity index (χ1) is 11.6. The van der Waals surface area contributed by atoms with Crippen LogP contribution in [0.3, 0.4) is 0 Å². The number of carboxylic acid groups (broad SMARTS) is 1. The van der Waals surface area contributed by atoms with Gasteiger partial charge in [0.15, 0.2) is 0 Å². The number of hydrogen-bond donors (Lipinski definition) is 2. The van der Waals surface area contributed by atoms with Crippen LogP contribution in [0.25, 0.3) is 0 Å². The van der Waals surface area contributed by atoms with Crippen molar-refractivity contribution in [2.45, 2.75) is 33.3 Å². The Hall–Kier alpha value is -2.90. The normalized spacial score (nSPS) is 12.9. The summed E-state index contributed by atoms with van der Waals surface area (Å²) in [5, 5.41) is 10.3. The fourth-order valence-electron chi connectivity index (χ4n) is 1.99. The molecule has 0 bridgehead atoms. The fourth-order valence-corrected chi connectivity index (χ4v) is 1.99. The molecule has 3 amide bonds.